The molecule has 0 aliphatic heterocycles. The molecule has 0 fully saturated rings. The van der Waals surface area contributed by atoms with Crippen LogP contribution in [0.3, 0.4) is 0 Å². The Balaban J connectivity index is 1.43. The zero-order valence-electron chi connectivity index (χ0n) is 17.0. The Bertz CT molecular complexity index is 1140. The van der Waals surface area contributed by atoms with E-state index in [1.165, 1.54) is 13.2 Å². The third-order valence-corrected chi connectivity index (χ3v) is 5.03. The summed E-state index contributed by atoms with van der Waals surface area (Å²) in [4.78, 5) is 36.5. The van der Waals surface area contributed by atoms with Gasteiger partial charge in [0, 0.05) is 16.9 Å². The van der Waals surface area contributed by atoms with Gasteiger partial charge in [-0.25, -0.2) is 14.3 Å². The number of rotatable bonds is 6. The summed E-state index contributed by atoms with van der Waals surface area (Å²) in [6.07, 6.45) is 2.53. The quantitative estimate of drug-likeness (QED) is 0.617. The van der Waals surface area contributed by atoms with Crippen LogP contribution in [0, 0.1) is 0 Å². The molecular formula is C23H21N3O5. The number of methoxy groups -OCH3 is 1. The molecule has 3 aromatic rings. The summed E-state index contributed by atoms with van der Waals surface area (Å²) < 4.78 is 11.7. The molecule has 4 rings (SSSR count). The molecule has 31 heavy (non-hydrogen) atoms. The van der Waals surface area contributed by atoms with E-state index in [1.54, 1.807) is 22.9 Å². The van der Waals surface area contributed by atoms with Gasteiger partial charge in [-0.2, -0.15) is 5.10 Å². The molecule has 1 amide bonds. The first-order valence-electron chi connectivity index (χ1n) is 9.88. The van der Waals surface area contributed by atoms with E-state index < -0.39 is 24.5 Å². The fourth-order valence-electron chi connectivity index (χ4n) is 3.62. The third-order valence-electron chi connectivity index (χ3n) is 5.03. The molecule has 0 radical (unpaired) electrons. The molecule has 0 unspecified atom stereocenters. The minimum atomic E-state index is -0.633. The Morgan fingerprint density at radius 1 is 1.03 bits per heavy atom. The molecular weight excluding hydrogens is 398 g/mol. The third kappa shape index (κ3) is 4.32. The Kier molecular flexibility index (Phi) is 5.79. The first-order chi connectivity index (χ1) is 15.1. The Morgan fingerprint density at radius 2 is 1.84 bits per heavy atom. The van der Waals surface area contributed by atoms with Crippen LogP contribution in [-0.2, 0) is 27.1 Å². The molecule has 1 aliphatic rings. The largest absolute Gasteiger partial charge is 0.465 e. The minimum absolute atomic E-state index is 0.247. The average molecular weight is 419 g/mol. The highest BCUT2D eigenvalue weighted by molar-refractivity contribution is 5.97. The second-order valence-electron chi connectivity index (χ2n) is 7.07. The lowest BCUT2D eigenvalue weighted by molar-refractivity contribution is -0.119. The lowest BCUT2D eigenvalue weighted by Gasteiger charge is -2.07. The number of esters is 2. The van der Waals surface area contributed by atoms with Crippen molar-refractivity contribution in [3.8, 4) is 5.69 Å². The number of hydrogen-bond donors (Lipinski definition) is 1. The highest BCUT2D eigenvalue weighted by atomic mass is 16.5. The normalized spacial score (nSPS) is 12.2. The fraction of sp³-hybridized carbons (Fsp3) is 0.217. The van der Waals surface area contributed by atoms with Gasteiger partial charge in [0.2, 0.25) is 0 Å². The minimum Gasteiger partial charge on any atom is -0.465 e. The van der Waals surface area contributed by atoms with Crippen LogP contribution < -0.4 is 5.32 Å². The van der Waals surface area contributed by atoms with Gasteiger partial charge < -0.3 is 14.8 Å². The number of amides is 1. The molecule has 1 N–H and O–H groups in total. The van der Waals surface area contributed by atoms with Crippen molar-refractivity contribution in [2.75, 3.05) is 19.0 Å². The van der Waals surface area contributed by atoms with E-state index in [9.17, 15) is 14.4 Å². The van der Waals surface area contributed by atoms with Gasteiger partial charge in [0.25, 0.3) is 5.91 Å². The zero-order chi connectivity index (χ0) is 21.8. The highest BCUT2D eigenvalue weighted by Gasteiger charge is 2.28. The first kappa shape index (κ1) is 20.3. The Labute approximate surface area is 178 Å². The number of para-hydroxylation sites is 1. The fourth-order valence-corrected chi connectivity index (χ4v) is 3.62. The average Bonchev–Trinajstić information content (AvgIpc) is 3.40. The van der Waals surface area contributed by atoms with Gasteiger partial charge in [0.05, 0.1) is 18.4 Å². The number of carbonyl (C=O) groups excluding carboxylic acids is 3. The summed E-state index contributed by atoms with van der Waals surface area (Å²) in [5.41, 5.74) is 3.71. The number of nitrogens with zero attached hydrogens (tertiary/aromatic N) is 2. The number of nitrogens with one attached hydrogen (secondary N) is 1. The van der Waals surface area contributed by atoms with Crippen LogP contribution in [0.4, 0.5) is 5.69 Å². The standard InChI is InChI=1S/C23H21N3O5/c1-30-22(28)15-7-5-8-16(13-15)24-20(27)14-31-23(29)21-18-11-6-12-19(18)26(25-21)17-9-3-2-4-10-17/h2-5,7-10,13H,6,11-12,14H2,1H3,(H,24,27). The molecule has 0 bridgehead atoms. The number of anilines is 1. The smallest absolute Gasteiger partial charge is 0.359 e. The van der Waals surface area contributed by atoms with Gasteiger partial charge >= 0.3 is 11.9 Å². The molecule has 0 spiro atoms. The molecule has 8 heteroatoms. The maximum atomic E-state index is 12.6. The van der Waals surface area contributed by atoms with E-state index in [4.69, 9.17) is 4.74 Å². The second-order valence-corrected chi connectivity index (χ2v) is 7.07. The number of benzene rings is 2. The van der Waals surface area contributed by atoms with E-state index in [2.05, 4.69) is 15.2 Å². The molecule has 0 saturated carbocycles. The molecule has 158 valence electrons. The maximum Gasteiger partial charge on any atom is 0.359 e. The van der Waals surface area contributed by atoms with Gasteiger partial charge in [-0.15, -0.1) is 0 Å². The van der Waals surface area contributed by atoms with E-state index >= 15 is 0 Å². The van der Waals surface area contributed by atoms with Crippen molar-refractivity contribution >= 4 is 23.5 Å². The lowest BCUT2D eigenvalue weighted by atomic mass is 10.2. The SMILES string of the molecule is COC(=O)c1cccc(NC(=O)COC(=O)c2nn(-c3ccccc3)c3c2CCC3)c1. The predicted molar refractivity (Wildman–Crippen MR) is 112 cm³/mol. The topological polar surface area (TPSA) is 99.5 Å². The van der Waals surface area contributed by atoms with Crippen LogP contribution in [0.1, 0.15) is 38.5 Å². The monoisotopic (exact) mass is 419 g/mol. The van der Waals surface area contributed by atoms with Crippen LogP contribution in [0.25, 0.3) is 5.69 Å². The molecule has 0 atom stereocenters. The van der Waals surface area contributed by atoms with Crippen molar-refractivity contribution in [3.63, 3.8) is 0 Å². The highest BCUT2D eigenvalue weighted by Crippen LogP contribution is 2.28. The van der Waals surface area contributed by atoms with Gasteiger partial charge in [0.1, 0.15) is 0 Å². The number of ether oxygens (including phenoxy) is 2. The second kappa shape index (κ2) is 8.83. The van der Waals surface area contributed by atoms with Crippen molar-refractivity contribution in [1.82, 2.24) is 9.78 Å². The van der Waals surface area contributed by atoms with Gasteiger partial charge in [-0.05, 0) is 49.6 Å². The molecule has 1 aromatic heterocycles. The van der Waals surface area contributed by atoms with E-state index in [0.29, 0.717) is 11.3 Å². The van der Waals surface area contributed by atoms with Crippen molar-refractivity contribution in [3.05, 3.63) is 77.1 Å². The Hall–Kier alpha value is -3.94. The summed E-state index contributed by atoms with van der Waals surface area (Å²) in [7, 11) is 1.28. The van der Waals surface area contributed by atoms with Gasteiger partial charge in [-0.3, -0.25) is 4.79 Å². The number of aromatic nitrogens is 2. The van der Waals surface area contributed by atoms with Crippen molar-refractivity contribution < 1.29 is 23.9 Å². The van der Waals surface area contributed by atoms with E-state index in [0.717, 1.165) is 36.2 Å². The summed E-state index contributed by atoms with van der Waals surface area (Å²) >= 11 is 0. The van der Waals surface area contributed by atoms with Crippen LogP contribution in [0.2, 0.25) is 0 Å². The number of carbonyl (C=O) groups is 3. The number of fused-ring (bicyclic) bond motifs is 1. The van der Waals surface area contributed by atoms with Crippen LogP contribution in [-0.4, -0.2) is 41.3 Å². The molecule has 0 saturated heterocycles. The molecule has 8 nitrogen and oxygen atoms in total. The van der Waals surface area contributed by atoms with Crippen molar-refractivity contribution in [1.29, 1.82) is 0 Å². The molecule has 1 aliphatic carbocycles. The van der Waals surface area contributed by atoms with Crippen LogP contribution in [0.15, 0.2) is 54.6 Å². The molecule has 2 aromatic carbocycles. The van der Waals surface area contributed by atoms with Gasteiger partial charge in [0.15, 0.2) is 12.3 Å². The lowest BCUT2D eigenvalue weighted by Crippen LogP contribution is -2.21. The zero-order valence-corrected chi connectivity index (χ0v) is 17.0. The Morgan fingerprint density at radius 3 is 2.61 bits per heavy atom. The summed E-state index contributed by atoms with van der Waals surface area (Å²) in [6.45, 7) is -0.464. The summed E-state index contributed by atoms with van der Waals surface area (Å²) in [5.74, 6) is -1.66. The number of hydrogen-bond acceptors (Lipinski definition) is 6. The van der Waals surface area contributed by atoms with Gasteiger partial charge in [-0.1, -0.05) is 24.3 Å². The van der Waals surface area contributed by atoms with E-state index in [-0.39, 0.29) is 5.69 Å². The first-order valence-corrected chi connectivity index (χ1v) is 9.88. The van der Waals surface area contributed by atoms with Crippen LogP contribution in [0.5, 0.6) is 0 Å². The van der Waals surface area contributed by atoms with Crippen molar-refractivity contribution in [2.24, 2.45) is 0 Å². The van der Waals surface area contributed by atoms with E-state index in [1.807, 2.05) is 30.3 Å². The predicted octanol–water partition coefficient (Wildman–Crippen LogP) is 2.94. The summed E-state index contributed by atoms with van der Waals surface area (Å²) in [6, 6.07) is 15.9. The van der Waals surface area contributed by atoms with Crippen molar-refractivity contribution in [2.45, 2.75) is 19.3 Å². The van der Waals surface area contributed by atoms with Crippen LogP contribution >= 0.6 is 0 Å². The summed E-state index contributed by atoms with van der Waals surface area (Å²) in [5, 5.41) is 7.07. The maximum absolute atomic E-state index is 12.6. The molecule has 1 heterocycles.